The number of hydrogen-bond acceptors (Lipinski definition) is 5. The zero-order valence-electron chi connectivity index (χ0n) is 17.9. The van der Waals surface area contributed by atoms with Gasteiger partial charge in [-0.3, -0.25) is 14.7 Å². The molecule has 9 nitrogen and oxygen atoms in total. The van der Waals surface area contributed by atoms with Gasteiger partial charge in [0.25, 0.3) is 11.8 Å². The molecule has 1 aromatic heterocycles. The summed E-state index contributed by atoms with van der Waals surface area (Å²) in [4.78, 5) is 39.5. The number of nitrogens with zero attached hydrogens (tertiary/aromatic N) is 2. The average Bonchev–Trinajstić information content (AvgIpc) is 3.46. The molecule has 2 heterocycles. The van der Waals surface area contributed by atoms with Gasteiger partial charge < -0.3 is 20.3 Å². The van der Waals surface area contributed by atoms with Gasteiger partial charge in [0.2, 0.25) is 0 Å². The van der Waals surface area contributed by atoms with Crippen LogP contribution in [0.15, 0.2) is 24.4 Å². The molecule has 3 amide bonds. The van der Waals surface area contributed by atoms with Gasteiger partial charge in [0, 0.05) is 19.1 Å². The summed E-state index contributed by atoms with van der Waals surface area (Å²) in [6, 6.07) is 4.64. The number of piperidine rings is 1. The zero-order chi connectivity index (χ0) is 23.4. The first kappa shape index (κ1) is 23.4. The lowest BCUT2D eigenvalue weighted by Crippen LogP contribution is -2.47. The Morgan fingerprint density at radius 3 is 2.36 bits per heavy atom. The van der Waals surface area contributed by atoms with E-state index >= 15 is 0 Å². The predicted molar refractivity (Wildman–Crippen MR) is 124 cm³/mol. The fourth-order valence-corrected chi connectivity index (χ4v) is 4.71. The standard InChI is InChI=1S/C22H25Cl2N5O4/c23-15-6-3-7-16(24)18(15)20(30)27-17-12-25-28-19(17)21(31)26-13-8-10-29(11-9-13)22(32)33-14-4-1-2-5-14/h3,6-7,12-14H,1-2,4-5,8-11H2,(H,25,28)(H,26,31)(H,27,30). The van der Waals surface area contributed by atoms with Crippen molar-refractivity contribution in [3.8, 4) is 0 Å². The highest BCUT2D eigenvalue weighted by molar-refractivity contribution is 6.40. The van der Waals surface area contributed by atoms with Gasteiger partial charge in [0.05, 0.1) is 27.5 Å². The fraction of sp³-hybridized carbons (Fsp3) is 0.455. The van der Waals surface area contributed by atoms with E-state index in [1.807, 2.05) is 0 Å². The molecule has 3 N–H and O–H groups in total. The highest BCUT2D eigenvalue weighted by atomic mass is 35.5. The molecule has 2 aromatic rings. The maximum Gasteiger partial charge on any atom is 0.410 e. The summed E-state index contributed by atoms with van der Waals surface area (Å²) in [7, 11) is 0. The number of hydrogen-bond donors (Lipinski definition) is 3. The van der Waals surface area contributed by atoms with E-state index in [2.05, 4.69) is 20.8 Å². The molecule has 1 aliphatic carbocycles. The average molecular weight is 494 g/mol. The van der Waals surface area contributed by atoms with Crippen LogP contribution in [0.4, 0.5) is 10.5 Å². The summed E-state index contributed by atoms with van der Waals surface area (Å²) in [5, 5.41) is 12.5. The lowest BCUT2D eigenvalue weighted by Gasteiger charge is -2.32. The fourth-order valence-electron chi connectivity index (χ4n) is 4.14. The number of halogens is 2. The minimum absolute atomic E-state index is 0.0320. The Morgan fingerprint density at radius 1 is 1.03 bits per heavy atom. The predicted octanol–water partition coefficient (Wildman–Crippen LogP) is 4.24. The van der Waals surface area contributed by atoms with Gasteiger partial charge in [-0.15, -0.1) is 0 Å². The maximum atomic E-state index is 12.8. The molecule has 1 aliphatic heterocycles. The monoisotopic (exact) mass is 493 g/mol. The molecule has 0 atom stereocenters. The molecular formula is C22H25Cl2N5O4. The number of rotatable bonds is 5. The van der Waals surface area contributed by atoms with Crippen LogP contribution in [0.25, 0.3) is 0 Å². The SMILES string of the molecule is O=C(NC1CCN(C(=O)OC2CCCC2)CC1)c1[nH]ncc1NC(=O)c1c(Cl)cccc1Cl. The summed E-state index contributed by atoms with van der Waals surface area (Å²) >= 11 is 12.2. The molecule has 0 radical (unpaired) electrons. The number of anilines is 1. The largest absolute Gasteiger partial charge is 0.446 e. The summed E-state index contributed by atoms with van der Waals surface area (Å²) in [5.74, 6) is -0.949. The summed E-state index contributed by atoms with van der Waals surface area (Å²) in [6.07, 6.45) is 6.40. The molecule has 0 unspecified atom stereocenters. The maximum absolute atomic E-state index is 12.8. The number of aromatic amines is 1. The molecule has 1 saturated carbocycles. The first-order valence-electron chi connectivity index (χ1n) is 11.0. The van der Waals surface area contributed by atoms with Crippen LogP contribution >= 0.6 is 23.2 Å². The minimum atomic E-state index is -0.546. The van der Waals surface area contributed by atoms with Crippen LogP contribution in [0.5, 0.6) is 0 Å². The van der Waals surface area contributed by atoms with E-state index in [1.54, 1.807) is 23.1 Å². The van der Waals surface area contributed by atoms with Gasteiger partial charge in [-0.2, -0.15) is 5.10 Å². The minimum Gasteiger partial charge on any atom is -0.446 e. The molecular weight excluding hydrogens is 469 g/mol. The first-order valence-corrected chi connectivity index (χ1v) is 11.7. The van der Waals surface area contributed by atoms with E-state index in [0.29, 0.717) is 25.9 Å². The van der Waals surface area contributed by atoms with Gasteiger partial charge in [-0.05, 0) is 50.7 Å². The third-order valence-corrected chi connectivity index (χ3v) is 6.59. The molecule has 2 fully saturated rings. The van der Waals surface area contributed by atoms with Crippen molar-refractivity contribution in [1.82, 2.24) is 20.4 Å². The van der Waals surface area contributed by atoms with Gasteiger partial charge in [-0.25, -0.2) is 4.79 Å². The number of carbonyl (C=O) groups is 3. The van der Waals surface area contributed by atoms with Crippen LogP contribution in [0, 0.1) is 0 Å². The Morgan fingerprint density at radius 2 is 1.70 bits per heavy atom. The lowest BCUT2D eigenvalue weighted by atomic mass is 10.1. The lowest BCUT2D eigenvalue weighted by molar-refractivity contribution is 0.0570. The third kappa shape index (κ3) is 5.59. The number of carbonyl (C=O) groups excluding carboxylic acids is 3. The van der Waals surface area contributed by atoms with Crippen LogP contribution in [-0.2, 0) is 4.74 Å². The third-order valence-electron chi connectivity index (χ3n) is 5.96. The van der Waals surface area contributed by atoms with Gasteiger partial charge in [0.1, 0.15) is 11.8 Å². The topological polar surface area (TPSA) is 116 Å². The van der Waals surface area contributed by atoms with E-state index in [1.165, 1.54) is 6.20 Å². The van der Waals surface area contributed by atoms with Crippen molar-refractivity contribution in [3.63, 3.8) is 0 Å². The van der Waals surface area contributed by atoms with Crippen molar-refractivity contribution in [1.29, 1.82) is 0 Å². The van der Waals surface area contributed by atoms with Gasteiger partial charge in [-0.1, -0.05) is 29.3 Å². The second kappa shape index (κ2) is 10.4. The number of amides is 3. The normalized spacial score (nSPS) is 17.1. The Kier molecular flexibility index (Phi) is 7.39. The second-order valence-corrected chi connectivity index (χ2v) is 9.05. The molecule has 33 heavy (non-hydrogen) atoms. The Balaban J connectivity index is 1.31. The molecule has 11 heteroatoms. The summed E-state index contributed by atoms with van der Waals surface area (Å²) in [6.45, 7) is 1.02. The molecule has 2 aliphatic rings. The van der Waals surface area contributed by atoms with E-state index in [4.69, 9.17) is 27.9 Å². The number of ether oxygens (including phenoxy) is 1. The van der Waals surface area contributed by atoms with Crippen molar-refractivity contribution in [3.05, 3.63) is 45.7 Å². The highest BCUT2D eigenvalue weighted by Crippen LogP contribution is 2.26. The van der Waals surface area contributed by atoms with Gasteiger partial charge >= 0.3 is 6.09 Å². The van der Waals surface area contributed by atoms with E-state index < -0.39 is 11.8 Å². The number of benzene rings is 1. The van der Waals surface area contributed by atoms with Crippen molar-refractivity contribution >= 4 is 46.8 Å². The smallest absolute Gasteiger partial charge is 0.410 e. The van der Waals surface area contributed by atoms with Crippen molar-refractivity contribution in [2.45, 2.75) is 50.7 Å². The molecule has 1 saturated heterocycles. The number of aromatic nitrogens is 2. The van der Waals surface area contributed by atoms with Crippen LogP contribution in [0.3, 0.4) is 0 Å². The quantitative estimate of drug-likeness (QED) is 0.575. The van der Waals surface area contributed by atoms with Gasteiger partial charge in [0.15, 0.2) is 0 Å². The Hall–Kier alpha value is -2.78. The number of H-pyrrole nitrogens is 1. The van der Waals surface area contributed by atoms with E-state index in [9.17, 15) is 14.4 Å². The van der Waals surface area contributed by atoms with Crippen molar-refractivity contribution in [2.24, 2.45) is 0 Å². The van der Waals surface area contributed by atoms with E-state index in [-0.39, 0.29) is 45.2 Å². The Bertz CT molecular complexity index is 1010. The van der Waals surface area contributed by atoms with Crippen LogP contribution in [0.1, 0.15) is 59.4 Å². The van der Waals surface area contributed by atoms with Crippen LogP contribution in [0.2, 0.25) is 10.0 Å². The van der Waals surface area contributed by atoms with Crippen molar-refractivity contribution < 1.29 is 19.1 Å². The molecule has 1 aromatic carbocycles. The summed E-state index contributed by atoms with van der Waals surface area (Å²) in [5.41, 5.74) is 0.450. The molecule has 0 spiro atoms. The van der Waals surface area contributed by atoms with Crippen LogP contribution in [-0.4, -0.2) is 58.2 Å². The summed E-state index contributed by atoms with van der Waals surface area (Å²) < 4.78 is 5.56. The first-order chi connectivity index (χ1) is 15.9. The highest BCUT2D eigenvalue weighted by Gasteiger charge is 2.28. The van der Waals surface area contributed by atoms with Crippen molar-refractivity contribution in [2.75, 3.05) is 18.4 Å². The molecule has 0 bridgehead atoms. The number of likely N-dealkylation sites (tertiary alicyclic amines) is 1. The number of nitrogens with one attached hydrogen (secondary N) is 3. The Labute approximate surface area is 201 Å². The van der Waals surface area contributed by atoms with E-state index in [0.717, 1.165) is 25.7 Å². The second-order valence-electron chi connectivity index (χ2n) is 8.23. The molecule has 176 valence electrons. The zero-order valence-corrected chi connectivity index (χ0v) is 19.4. The molecule has 4 rings (SSSR count). The van der Waals surface area contributed by atoms with Crippen LogP contribution < -0.4 is 10.6 Å².